The quantitative estimate of drug-likeness (QED) is 0.680. The summed E-state index contributed by atoms with van der Waals surface area (Å²) < 4.78 is 2.17. The lowest BCUT2D eigenvalue weighted by Crippen LogP contribution is -2.04. The topological polar surface area (TPSA) is 29.9 Å². The minimum atomic E-state index is 0.911. The fraction of sp³-hybridized carbons (Fsp3) is 0.182. The van der Waals surface area contributed by atoms with Crippen LogP contribution in [0.15, 0.2) is 24.5 Å². The zero-order chi connectivity index (χ0) is 9.54. The van der Waals surface area contributed by atoms with Gasteiger partial charge in [0.1, 0.15) is 0 Å². The van der Waals surface area contributed by atoms with E-state index in [4.69, 9.17) is 0 Å². The largest absolute Gasteiger partial charge is 0.379 e. The second-order valence-corrected chi connectivity index (χ2v) is 3.50. The number of rotatable bonds is 0. The van der Waals surface area contributed by atoms with Crippen LogP contribution in [0.1, 0.15) is 5.69 Å². The SMILES string of the molecule is Cn1c2c(c3ccncc31)NCC=C2. The molecule has 0 saturated carbocycles. The van der Waals surface area contributed by atoms with Crippen molar-refractivity contribution < 1.29 is 0 Å². The van der Waals surface area contributed by atoms with E-state index in [1.54, 1.807) is 0 Å². The molecule has 0 atom stereocenters. The molecular weight excluding hydrogens is 174 g/mol. The van der Waals surface area contributed by atoms with E-state index in [2.05, 4.69) is 40.1 Å². The Morgan fingerprint density at radius 3 is 3.36 bits per heavy atom. The summed E-state index contributed by atoms with van der Waals surface area (Å²) >= 11 is 0. The molecule has 0 spiro atoms. The summed E-state index contributed by atoms with van der Waals surface area (Å²) in [6.07, 6.45) is 8.03. The van der Waals surface area contributed by atoms with Crippen LogP contribution < -0.4 is 5.32 Å². The molecule has 0 unspecified atom stereocenters. The first-order chi connectivity index (χ1) is 6.88. The van der Waals surface area contributed by atoms with E-state index in [-0.39, 0.29) is 0 Å². The van der Waals surface area contributed by atoms with Crippen molar-refractivity contribution in [2.45, 2.75) is 0 Å². The number of nitrogens with zero attached hydrogens (tertiary/aromatic N) is 2. The van der Waals surface area contributed by atoms with Gasteiger partial charge in [0.2, 0.25) is 0 Å². The average Bonchev–Trinajstić information content (AvgIpc) is 2.55. The summed E-state index contributed by atoms with van der Waals surface area (Å²) in [6.45, 7) is 0.911. The number of hydrogen-bond acceptors (Lipinski definition) is 2. The Morgan fingerprint density at radius 1 is 1.50 bits per heavy atom. The van der Waals surface area contributed by atoms with E-state index in [0.29, 0.717) is 0 Å². The van der Waals surface area contributed by atoms with Gasteiger partial charge in [-0.1, -0.05) is 6.08 Å². The molecule has 0 radical (unpaired) electrons. The molecule has 3 rings (SSSR count). The van der Waals surface area contributed by atoms with Crippen molar-refractivity contribution in [1.29, 1.82) is 0 Å². The normalized spacial score (nSPS) is 14.1. The molecule has 0 aromatic carbocycles. The number of aryl methyl sites for hydroxylation is 1. The zero-order valence-electron chi connectivity index (χ0n) is 7.99. The van der Waals surface area contributed by atoms with Gasteiger partial charge in [0.05, 0.1) is 23.1 Å². The lowest BCUT2D eigenvalue weighted by molar-refractivity contribution is 0.947. The van der Waals surface area contributed by atoms with E-state index in [1.807, 2.05) is 12.4 Å². The number of fused-ring (bicyclic) bond motifs is 3. The minimum absolute atomic E-state index is 0.911. The number of nitrogens with one attached hydrogen (secondary N) is 1. The van der Waals surface area contributed by atoms with Gasteiger partial charge in [-0.05, 0) is 12.1 Å². The summed E-state index contributed by atoms with van der Waals surface area (Å²) in [5, 5.41) is 4.64. The van der Waals surface area contributed by atoms with Crippen LogP contribution in [0.5, 0.6) is 0 Å². The Balaban J connectivity index is 2.48. The van der Waals surface area contributed by atoms with E-state index in [1.165, 1.54) is 22.3 Å². The highest BCUT2D eigenvalue weighted by atomic mass is 15.0. The van der Waals surface area contributed by atoms with Crippen molar-refractivity contribution in [3.05, 3.63) is 30.2 Å². The summed E-state index contributed by atoms with van der Waals surface area (Å²) in [5.74, 6) is 0. The maximum Gasteiger partial charge on any atom is 0.0690 e. The summed E-state index contributed by atoms with van der Waals surface area (Å²) in [4.78, 5) is 4.14. The van der Waals surface area contributed by atoms with Crippen LogP contribution in [-0.2, 0) is 7.05 Å². The Labute approximate surface area is 82.1 Å². The molecule has 1 aliphatic rings. The Hall–Kier alpha value is -1.77. The third-order valence-corrected chi connectivity index (χ3v) is 2.72. The van der Waals surface area contributed by atoms with Crippen LogP contribution in [-0.4, -0.2) is 16.1 Å². The monoisotopic (exact) mass is 185 g/mol. The predicted molar refractivity (Wildman–Crippen MR) is 58.2 cm³/mol. The van der Waals surface area contributed by atoms with Gasteiger partial charge in [-0.15, -0.1) is 0 Å². The van der Waals surface area contributed by atoms with Gasteiger partial charge in [-0.2, -0.15) is 0 Å². The third kappa shape index (κ3) is 0.839. The van der Waals surface area contributed by atoms with Crippen molar-refractivity contribution in [1.82, 2.24) is 9.55 Å². The third-order valence-electron chi connectivity index (χ3n) is 2.72. The van der Waals surface area contributed by atoms with Crippen molar-refractivity contribution in [3.63, 3.8) is 0 Å². The molecule has 1 N–H and O–H groups in total. The van der Waals surface area contributed by atoms with E-state index in [0.717, 1.165) is 6.54 Å². The van der Waals surface area contributed by atoms with Crippen LogP contribution in [0.2, 0.25) is 0 Å². The minimum Gasteiger partial charge on any atom is -0.379 e. The van der Waals surface area contributed by atoms with Crippen LogP contribution >= 0.6 is 0 Å². The molecule has 70 valence electrons. The number of pyridine rings is 1. The summed E-state index contributed by atoms with van der Waals surface area (Å²) in [7, 11) is 2.07. The number of aromatic nitrogens is 2. The van der Waals surface area contributed by atoms with Gasteiger partial charge < -0.3 is 9.88 Å². The lowest BCUT2D eigenvalue weighted by Gasteiger charge is -2.09. The smallest absolute Gasteiger partial charge is 0.0690 e. The van der Waals surface area contributed by atoms with Gasteiger partial charge in [0, 0.05) is 25.2 Å². The maximum absolute atomic E-state index is 4.14. The number of hydrogen-bond donors (Lipinski definition) is 1. The molecule has 3 heterocycles. The fourth-order valence-electron chi connectivity index (χ4n) is 2.01. The van der Waals surface area contributed by atoms with Gasteiger partial charge in [0.15, 0.2) is 0 Å². The average molecular weight is 185 g/mol. The molecule has 3 nitrogen and oxygen atoms in total. The van der Waals surface area contributed by atoms with E-state index < -0.39 is 0 Å². The van der Waals surface area contributed by atoms with Crippen molar-refractivity contribution in [2.24, 2.45) is 7.05 Å². The highest BCUT2D eigenvalue weighted by Gasteiger charge is 2.13. The Bertz CT molecular complexity index is 523. The molecule has 2 aromatic heterocycles. The lowest BCUT2D eigenvalue weighted by atomic mass is 10.2. The molecule has 0 aliphatic carbocycles. The second-order valence-electron chi connectivity index (χ2n) is 3.50. The highest BCUT2D eigenvalue weighted by Crippen LogP contribution is 2.31. The summed E-state index contributed by atoms with van der Waals surface area (Å²) in [5.41, 5.74) is 3.64. The van der Waals surface area contributed by atoms with Gasteiger partial charge in [-0.25, -0.2) is 0 Å². The zero-order valence-corrected chi connectivity index (χ0v) is 7.99. The standard InChI is InChI=1S/C11H11N3/c1-14-9-3-2-5-13-11(9)8-4-6-12-7-10(8)14/h2-4,6-7,13H,5H2,1H3. The molecule has 2 aromatic rings. The maximum atomic E-state index is 4.14. The number of anilines is 1. The van der Waals surface area contributed by atoms with Crippen LogP contribution in [0, 0.1) is 0 Å². The van der Waals surface area contributed by atoms with Crippen molar-refractivity contribution in [3.8, 4) is 0 Å². The first-order valence-electron chi connectivity index (χ1n) is 4.71. The van der Waals surface area contributed by atoms with E-state index in [9.17, 15) is 0 Å². The predicted octanol–water partition coefficient (Wildman–Crippen LogP) is 2.01. The van der Waals surface area contributed by atoms with Crippen molar-refractivity contribution in [2.75, 3.05) is 11.9 Å². The van der Waals surface area contributed by atoms with Crippen LogP contribution in [0.3, 0.4) is 0 Å². The molecule has 0 saturated heterocycles. The highest BCUT2D eigenvalue weighted by molar-refractivity contribution is 5.98. The first kappa shape index (κ1) is 7.62. The first-order valence-corrected chi connectivity index (χ1v) is 4.71. The molecular formula is C11H11N3. The van der Waals surface area contributed by atoms with Crippen LogP contribution in [0.4, 0.5) is 5.69 Å². The second kappa shape index (κ2) is 2.61. The molecule has 14 heavy (non-hydrogen) atoms. The molecule has 0 bridgehead atoms. The fourth-order valence-corrected chi connectivity index (χ4v) is 2.01. The van der Waals surface area contributed by atoms with Gasteiger partial charge >= 0.3 is 0 Å². The molecule has 0 fully saturated rings. The molecule has 3 heteroatoms. The molecule has 0 amide bonds. The van der Waals surface area contributed by atoms with Gasteiger partial charge in [-0.3, -0.25) is 4.98 Å². The van der Waals surface area contributed by atoms with Gasteiger partial charge in [0.25, 0.3) is 0 Å². The van der Waals surface area contributed by atoms with Crippen LogP contribution in [0.25, 0.3) is 17.0 Å². The van der Waals surface area contributed by atoms with E-state index >= 15 is 0 Å². The summed E-state index contributed by atoms with van der Waals surface area (Å²) in [6, 6.07) is 2.06. The Kier molecular flexibility index (Phi) is 1.42. The van der Waals surface area contributed by atoms with Crippen molar-refractivity contribution >= 4 is 22.7 Å². The molecule has 1 aliphatic heterocycles. The Morgan fingerprint density at radius 2 is 2.43 bits per heavy atom.